The van der Waals surface area contributed by atoms with Crippen LogP contribution in [0.15, 0.2) is 60.7 Å². The Morgan fingerprint density at radius 1 is 1.10 bits per heavy atom. The van der Waals surface area contributed by atoms with E-state index in [9.17, 15) is 13.2 Å². The van der Waals surface area contributed by atoms with Gasteiger partial charge in [0, 0.05) is 33.9 Å². The van der Waals surface area contributed by atoms with E-state index in [-0.39, 0.29) is 5.92 Å². The molecule has 1 heterocycles. The third kappa shape index (κ3) is 2.62. The number of methoxy groups -OCH3 is 1. The lowest BCUT2D eigenvalue weighted by molar-refractivity contribution is -0.116. The second kappa shape index (κ2) is 6.62. The van der Waals surface area contributed by atoms with E-state index in [1.54, 1.807) is 43.5 Å². The number of rotatable bonds is 4. The number of fused-ring (bicyclic) bond motifs is 2. The van der Waals surface area contributed by atoms with Gasteiger partial charge in [-0.3, -0.25) is 9.10 Å². The van der Waals surface area contributed by atoms with Crippen LogP contribution < -0.4 is 14.4 Å². The minimum Gasteiger partial charge on any atom is -0.496 e. The van der Waals surface area contributed by atoms with Crippen LogP contribution in [0.5, 0.6) is 5.75 Å². The van der Waals surface area contributed by atoms with Crippen LogP contribution in [0, 0.1) is 5.92 Å². The fourth-order valence-electron chi connectivity index (χ4n) is 4.36. The van der Waals surface area contributed by atoms with E-state index in [4.69, 9.17) is 16.3 Å². The summed E-state index contributed by atoms with van der Waals surface area (Å²) in [6.07, 6.45) is 0.333. The molecule has 154 valence electrons. The first-order valence-corrected chi connectivity index (χ1v) is 11.4. The number of nitrogens with one attached hydrogen (secondary N) is 1. The molecule has 8 heteroatoms. The molecule has 1 aliphatic carbocycles. The zero-order valence-electron chi connectivity index (χ0n) is 16.1. The van der Waals surface area contributed by atoms with Gasteiger partial charge in [-0.1, -0.05) is 35.9 Å². The van der Waals surface area contributed by atoms with Gasteiger partial charge >= 0.3 is 0 Å². The minimum absolute atomic E-state index is 0.234. The number of hydrogen-bond acceptors (Lipinski definition) is 4. The molecular formula is C22H19ClN2O4S. The molecule has 2 aliphatic rings. The van der Waals surface area contributed by atoms with E-state index >= 15 is 0 Å². The van der Waals surface area contributed by atoms with Gasteiger partial charge in [0.1, 0.15) is 5.75 Å². The quantitative estimate of drug-likeness (QED) is 0.661. The summed E-state index contributed by atoms with van der Waals surface area (Å²) in [5, 5.41) is 5.04. The molecule has 3 aromatic rings. The molecule has 1 amide bonds. The van der Waals surface area contributed by atoms with Gasteiger partial charge in [-0.05, 0) is 42.8 Å². The molecule has 0 radical (unpaired) electrons. The first-order chi connectivity index (χ1) is 14.4. The lowest BCUT2D eigenvalue weighted by atomic mass is 10.1. The smallest absolute Gasteiger partial charge is 0.250 e. The summed E-state index contributed by atoms with van der Waals surface area (Å²) >= 11 is 5.92. The SMILES string of the molecule is COc1ccc(NC(=O)[C@]23C[C@@H]2CN(c2ccc(Cl)cc2)S3(=O)=O)c2ccccc12. The van der Waals surface area contributed by atoms with Crippen molar-refractivity contribution in [3.63, 3.8) is 0 Å². The molecule has 30 heavy (non-hydrogen) atoms. The number of amides is 1. The van der Waals surface area contributed by atoms with Crippen LogP contribution in [-0.4, -0.2) is 32.7 Å². The average molecular weight is 443 g/mol. The summed E-state index contributed by atoms with van der Waals surface area (Å²) < 4.78 is 32.0. The predicted octanol–water partition coefficient (Wildman–Crippen LogP) is 4.05. The lowest BCUT2D eigenvalue weighted by Crippen LogP contribution is -2.42. The highest BCUT2D eigenvalue weighted by Crippen LogP contribution is 2.58. The fraction of sp³-hybridized carbons (Fsp3) is 0.227. The Hall–Kier alpha value is -2.77. The molecule has 0 unspecified atom stereocenters. The number of carbonyl (C=O) groups excluding carboxylic acids is 1. The maximum atomic E-state index is 13.3. The molecule has 3 aromatic carbocycles. The molecule has 1 aliphatic heterocycles. The topological polar surface area (TPSA) is 75.7 Å². The molecule has 1 saturated heterocycles. The summed E-state index contributed by atoms with van der Waals surface area (Å²) in [7, 11) is -2.26. The molecule has 0 bridgehead atoms. The van der Waals surface area contributed by atoms with Gasteiger partial charge in [0.2, 0.25) is 15.9 Å². The predicted molar refractivity (Wildman–Crippen MR) is 118 cm³/mol. The summed E-state index contributed by atoms with van der Waals surface area (Å²) in [5.41, 5.74) is 1.09. The summed E-state index contributed by atoms with van der Waals surface area (Å²) in [4.78, 5) is 13.3. The van der Waals surface area contributed by atoms with Gasteiger partial charge in [0.15, 0.2) is 4.75 Å². The summed E-state index contributed by atoms with van der Waals surface area (Å²) in [6, 6.07) is 17.6. The van der Waals surface area contributed by atoms with Crippen LogP contribution in [0.3, 0.4) is 0 Å². The van der Waals surface area contributed by atoms with Crippen LogP contribution in [0.4, 0.5) is 11.4 Å². The average Bonchev–Trinajstić information content (AvgIpc) is 3.44. The number of ether oxygens (including phenoxy) is 1. The van der Waals surface area contributed by atoms with Crippen molar-refractivity contribution in [2.45, 2.75) is 11.2 Å². The van der Waals surface area contributed by atoms with Crippen molar-refractivity contribution in [2.24, 2.45) is 5.92 Å². The Kier molecular flexibility index (Phi) is 4.24. The van der Waals surface area contributed by atoms with Crippen molar-refractivity contribution in [3.8, 4) is 5.75 Å². The van der Waals surface area contributed by atoms with Gasteiger partial charge in [-0.2, -0.15) is 0 Å². The third-order valence-electron chi connectivity index (χ3n) is 6.04. The van der Waals surface area contributed by atoms with E-state index < -0.39 is 20.7 Å². The maximum Gasteiger partial charge on any atom is 0.250 e. The largest absolute Gasteiger partial charge is 0.496 e. The fourth-order valence-corrected chi connectivity index (χ4v) is 6.85. The molecule has 1 saturated carbocycles. The van der Waals surface area contributed by atoms with Crippen LogP contribution >= 0.6 is 11.6 Å². The minimum atomic E-state index is -3.85. The van der Waals surface area contributed by atoms with Gasteiger partial charge in [0.05, 0.1) is 12.8 Å². The summed E-state index contributed by atoms with van der Waals surface area (Å²) in [5.74, 6) is -0.0320. The Morgan fingerprint density at radius 2 is 1.80 bits per heavy atom. The number of nitrogens with zero attached hydrogens (tertiary/aromatic N) is 1. The van der Waals surface area contributed by atoms with Gasteiger partial charge in [0.25, 0.3) is 0 Å². The summed E-state index contributed by atoms with van der Waals surface area (Å²) in [6.45, 7) is 0.292. The molecule has 0 spiro atoms. The van der Waals surface area contributed by atoms with Crippen molar-refractivity contribution in [3.05, 3.63) is 65.7 Å². The van der Waals surface area contributed by atoms with Crippen molar-refractivity contribution in [1.82, 2.24) is 0 Å². The highest BCUT2D eigenvalue weighted by molar-refractivity contribution is 7.95. The van der Waals surface area contributed by atoms with Crippen LogP contribution in [0.2, 0.25) is 5.02 Å². The van der Waals surface area contributed by atoms with Crippen molar-refractivity contribution in [2.75, 3.05) is 23.3 Å². The first-order valence-electron chi connectivity index (χ1n) is 9.53. The van der Waals surface area contributed by atoms with Gasteiger partial charge < -0.3 is 10.1 Å². The Labute approximate surface area is 179 Å². The third-order valence-corrected chi connectivity index (χ3v) is 8.83. The van der Waals surface area contributed by atoms with Crippen molar-refractivity contribution < 1.29 is 17.9 Å². The van der Waals surface area contributed by atoms with Crippen LogP contribution in [0.25, 0.3) is 10.8 Å². The number of benzene rings is 3. The second-order valence-electron chi connectivity index (χ2n) is 7.62. The van der Waals surface area contributed by atoms with E-state index in [2.05, 4.69) is 5.32 Å². The zero-order valence-corrected chi connectivity index (χ0v) is 17.7. The zero-order chi connectivity index (χ0) is 21.1. The van der Waals surface area contributed by atoms with Crippen LogP contribution in [-0.2, 0) is 14.8 Å². The van der Waals surface area contributed by atoms with Crippen LogP contribution in [0.1, 0.15) is 6.42 Å². The number of sulfonamides is 1. The van der Waals surface area contributed by atoms with E-state index in [1.165, 1.54) is 4.31 Å². The molecule has 5 rings (SSSR count). The van der Waals surface area contributed by atoms with E-state index in [0.29, 0.717) is 35.1 Å². The van der Waals surface area contributed by atoms with Gasteiger partial charge in [-0.25, -0.2) is 8.42 Å². The maximum absolute atomic E-state index is 13.3. The normalized spacial score (nSPS) is 23.8. The number of carbonyl (C=O) groups is 1. The highest BCUT2D eigenvalue weighted by Gasteiger charge is 2.75. The van der Waals surface area contributed by atoms with Crippen molar-refractivity contribution >= 4 is 49.7 Å². The Balaban J connectivity index is 1.48. The molecule has 2 fully saturated rings. The molecular weight excluding hydrogens is 424 g/mol. The van der Waals surface area contributed by atoms with Gasteiger partial charge in [-0.15, -0.1) is 0 Å². The molecule has 1 N–H and O–H groups in total. The number of anilines is 2. The highest BCUT2D eigenvalue weighted by atomic mass is 35.5. The van der Waals surface area contributed by atoms with Crippen molar-refractivity contribution in [1.29, 1.82) is 0 Å². The lowest BCUT2D eigenvalue weighted by Gasteiger charge is -2.23. The molecule has 0 aromatic heterocycles. The molecule has 6 nitrogen and oxygen atoms in total. The standard InChI is InChI=1S/C22H19ClN2O4S/c1-29-20-11-10-19(17-4-2-3-5-18(17)20)24-21(26)22-12-14(22)13-25(30(22,27)28)16-8-6-15(23)7-9-16/h2-11,14H,12-13H2,1H3,(H,24,26)/t14-,22+/m1/s1. The van der Waals surface area contributed by atoms with E-state index in [0.717, 1.165) is 10.8 Å². The number of hydrogen-bond donors (Lipinski definition) is 1. The molecule has 2 atom stereocenters. The number of halogens is 1. The monoisotopic (exact) mass is 442 g/mol. The second-order valence-corrected chi connectivity index (χ2v) is 10.2. The van der Waals surface area contributed by atoms with E-state index in [1.807, 2.05) is 24.3 Å². The Bertz CT molecular complexity index is 1280. The first kappa shape index (κ1) is 19.2. The Morgan fingerprint density at radius 3 is 2.50 bits per heavy atom.